The van der Waals surface area contributed by atoms with Gasteiger partial charge in [-0.25, -0.2) is 4.79 Å². The first kappa shape index (κ1) is 14.1. The van der Waals surface area contributed by atoms with E-state index < -0.39 is 6.16 Å². The molecule has 20 heavy (non-hydrogen) atoms. The van der Waals surface area contributed by atoms with E-state index in [0.717, 1.165) is 11.1 Å². The second-order valence-corrected chi connectivity index (χ2v) is 4.83. The van der Waals surface area contributed by atoms with Crippen LogP contribution in [0.15, 0.2) is 48.5 Å². The summed E-state index contributed by atoms with van der Waals surface area (Å²) in [4.78, 5) is 10.7. The molecule has 2 rings (SSSR count). The Morgan fingerprint density at radius 2 is 1.80 bits per heavy atom. The van der Waals surface area contributed by atoms with Crippen LogP contribution in [-0.4, -0.2) is 17.9 Å². The molecule has 0 bridgehead atoms. The lowest BCUT2D eigenvalue weighted by atomic mass is 9.87. The number of carboxylic acid groups (broad SMARTS) is 1. The largest absolute Gasteiger partial charge is 0.505 e. The monoisotopic (exact) mass is 270 g/mol. The number of rotatable bonds is 4. The molecule has 0 spiro atoms. The lowest BCUT2D eigenvalue weighted by Crippen LogP contribution is -2.14. The lowest BCUT2D eigenvalue weighted by Gasteiger charge is -2.20. The van der Waals surface area contributed by atoms with Crippen LogP contribution in [0.3, 0.4) is 0 Å². The van der Waals surface area contributed by atoms with Gasteiger partial charge in [-0.3, -0.25) is 0 Å². The van der Waals surface area contributed by atoms with E-state index in [9.17, 15) is 4.79 Å². The summed E-state index contributed by atoms with van der Waals surface area (Å²) < 4.78 is 4.82. The summed E-state index contributed by atoms with van der Waals surface area (Å²) in [7, 11) is 0. The summed E-state index contributed by atoms with van der Waals surface area (Å²) in [5.74, 6) is -0.0767. The zero-order valence-electron chi connectivity index (χ0n) is 11.7. The van der Waals surface area contributed by atoms with Gasteiger partial charge in [0.2, 0.25) is 0 Å². The molecule has 0 radical (unpaired) electrons. The van der Waals surface area contributed by atoms with Crippen molar-refractivity contribution < 1.29 is 14.6 Å². The quantitative estimate of drug-likeness (QED) is 0.850. The molecule has 1 N–H and O–H groups in total. The molecule has 1 unspecified atom stereocenters. The van der Waals surface area contributed by atoms with Crippen molar-refractivity contribution in [2.75, 3.05) is 6.61 Å². The maximum absolute atomic E-state index is 10.7. The number of carbonyl (C=O) groups is 1. The number of ether oxygens (including phenoxy) is 1. The van der Waals surface area contributed by atoms with E-state index in [-0.39, 0.29) is 12.5 Å². The Labute approximate surface area is 118 Å². The van der Waals surface area contributed by atoms with Crippen molar-refractivity contribution in [2.45, 2.75) is 19.8 Å². The van der Waals surface area contributed by atoms with Crippen LogP contribution < -0.4 is 0 Å². The average molecular weight is 270 g/mol. The SMILES string of the molecule is Cc1cccc(C(COC(=O)O)c2ccccc2)c1C. The Balaban J connectivity index is 2.40. The van der Waals surface area contributed by atoms with Crippen LogP contribution in [0.1, 0.15) is 28.2 Å². The number of hydrogen-bond donors (Lipinski definition) is 1. The van der Waals surface area contributed by atoms with E-state index in [4.69, 9.17) is 9.84 Å². The highest BCUT2D eigenvalue weighted by Gasteiger charge is 2.18. The Kier molecular flexibility index (Phi) is 4.41. The van der Waals surface area contributed by atoms with Gasteiger partial charge >= 0.3 is 6.16 Å². The molecule has 0 saturated heterocycles. The fourth-order valence-electron chi connectivity index (χ4n) is 2.36. The van der Waals surface area contributed by atoms with Crippen molar-refractivity contribution >= 4 is 6.16 Å². The second-order valence-electron chi connectivity index (χ2n) is 4.83. The molecule has 0 aliphatic heterocycles. The smallest absolute Gasteiger partial charge is 0.450 e. The number of hydrogen-bond acceptors (Lipinski definition) is 2. The third-order valence-corrected chi connectivity index (χ3v) is 3.60. The molecule has 0 aliphatic carbocycles. The minimum atomic E-state index is -1.24. The van der Waals surface area contributed by atoms with E-state index in [0.29, 0.717) is 0 Å². The summed E-state index contributed by atoms with van der Waals surface area (Å²) in [6.45, 7) is 4.24. The van der Waals surface area contributed by atoms with Crippen LogP contribution in [0, 0.1) is 13.8 Å². The highest BCUT2D eigenvalue weighted by Crippen LogP contribution is 2.29. The van der Waals surface area contributed by atoms with Gasteiger partial charge in [-0.1, -0.05) is 48.5 Å². The Bertz CT molecular complexity index is 590. The summed E-state index contributed by atoms with van der Waals surface area (Å²) in [5, 5.41) is 8.76. The van der Waals surface area contributed by atoms with Gasteiger partial charge in [0, 0.05) is 5.92 Å². The molecule has 2 aromatic carbocycles. The zero-order valence-corrected chi connectivity index (χ0v) is 11.7. The van der Waals surface area contributed by atoms with Crippen molar-refractivity contribution in [3.05, 3.63) is 70.8 Å². The molecule has 0 heterocycles. The third-order valence-electron chi connectivity index (χ3n) is 3.60. The van der Waals surface area contributed by atoms with Crippen molar-refractivity contribution in [2.24, 2.45) is 0 Å². The maximum Gasteiger partial charge on any atom is 0.505 e. The van der Waals surface area contributed by atoms with Gasteiger partial charge in [0.05, 0.1) is 0 Å². The van der Waals surface area contributed by atoms with Gasteiger partial charge in [-0.15, -0.1) is 0 Å². The van der Waals surface area contributed by atoms with Crippen molar-refractivity contribution in [1.29, 1.82) is 0 Å². The van der Waals surface area contributed by atoms with Crippen LogP contribution in [0.5, 0.6) is 0 Å². The van der Waals surface area contributed by atoms with Crippen LogP contribution in [0.25, 0.3) is 0 Å². The van der Waals surface area contributed by atoms with Crippen LogP contribution in [0.4, 0.5) is 4.79 Å². The summed E-state index contributed by atoms with van der Waals surface area (Å²) >= 11 is 0. The van der Waals surface area contributed by atoms with Gasteiger partial charge in [-0.2, -0.15) is 0 Å². The molecular weight excluding hydrogens is 252 g/mol. The highest BCUT2D eigenvalue weighted by atomic mass is 16.7. The van der Waals surface area contributed by atoms with Gasteiger partial charge in [-0.05, 0) is 36.1 Å². The minimum Gasteiger partial charge on any atom is -0.450 e. The van der Waals surface area contributed by atoms with Crippen LogP contribution in [-0.2, 0) is 4.74 Å². The minimum absolute atomic E-state index is 0.0767. The molecule has 104 valence electrons. The maximum atomic E-state index is 10.7. The van der Waals surface area contributed by atoms with Gasteiger partial charge < -0.3 is 9.84 Å². The van der Waals surface area contributed by atoms with Crippen molar-refractivity contribution in [1.82, 2.24) is 0 Å². The van der Waals surface area contributed by atoms with E-state index >= 15 is 0 Å². The Hall–Kier alpha value is -2.29. The number of aryl methyl sites for hydroxylation is 1. The predicted octanol–water partition coefficient (Wildman–Crippen LogP) is 4.13. The van der Waals surface area contributed by atoms with E-state index in [1.54, 1.807) is 0 Å². The summed E-state index contributed by atoms with van der Waals surface area (Å²) in [6.07, 6.45) is -1.24. The first-order valence-electron chi connectivity index (χ1n) is 6.56. The molecular formula is C17H18O3. The van der Waals surface area contributed by atoms with Gasteiger partial charge in [0.1, 0.15) is 6.61 Å². The highest BCUT2D eigenvalue weighted by molar-refractivity contribution is 5.57. The molecule has 1 atom stereocenters. The van der Waals surface area contributed by atoms with Gasteiger partial charge in [0.25, 0.3) is 0 Å². The fourth-order valence-corrected chi connectivity index (χ4v) is 2.36. The zero-order chi connectivity index (χ0) is 14.5. The van der Waals surface area contributed by atoms with E-state index in [2.05, 4.69) is 19.9 Å². The van der Waals surface area contributed by atoms with E-state index in [1.807, 2.05) is 42.5 Å². The summed E-state index contributed by atoms with van der Waals surface area (Å²) in [6, 6.07) is 15.9. The topological polar surface area (TPSA) is 46.5 Å². The van der Waals surface area contributed by atoms with Crippen molar-refractivity contribution in [3.63, 3.8) is 0 Å². The summed E-state index contributed by atoms with van der Waals surface area (Å²) in [5.41, 5.74) is 4.54. The molecule has 3 heteroatoms. The molecule has 3 nitrogen and oxygen atoms in total. The Morgan fingerprint density at radius 3 is 2.45 bits per heavy atom. The molecule has 2 aromatic rings. The predicted molar refractivity (Wildman–Crippen MR) is 78.2 cm³/mol. The van der Waals surface area contributed by atoms with Crippen molar-refractivity contribution in [3.8, 4) is 0 Å². The fraction of sp³-hybridized carbons (Fsp3) is 0.235. The average Bonchev–Trinajstić information content (AvgIpc) is 2.44. The van der Waals surface area contributed by atoms with Crippen LogP contribution in [0.2, 0.25) is 0 Å². The third kappa shape index (κ3) is 3.18. The second kappa shape index (κ2) is 6.24. The lowest BCUT2D eigenvalue weighted by molar-refractivity contribution is 0.0888. The molecule has 0 saturated carbocycles. The normalized spacial score (nSPS) is 11.9. The van der Waals surface area contributed by atoms with Gasteiger partial charge in [0.15, 0.2) is 0 Å². The van der Waals surface area contributed by atoms with Crippen LogP contribution >= 0.6 is 0 Å². The van der Waals surface area contributed by atoms with E-state index in [1.165, 1.54) is 11.1 Å². The number of benzene rings is 2. The first-order chi connectivity index (χ1) is 9.59. The Morgan fingerprint density at radius 1 is 1.10 bits per heavy atom. The molecule has 0 aromatic heterocycles. The molecule has 0 aliphatic rings. The molecule has 0 amide bonds. The first-order valence-corrected chi connectivity index (χ1v) is 6.56. The molecule has 0 fully saturated rings. The standard InChI is InChI=1S/C17H18O3/c1-12-7-6-10-15(13(12)2)16(11-20-17(18)19)14-8-4-3-5-9-14/h3-10,16H,11H2,1-2H3,(H,18,19).